The number of rotatable bonds is 3. The lowest BCUT2D eigenvalue weighted by atomic mass is 10.1. The smallest absolute Gasteiger partial charge is 0.417 e. The minimum Gasteiger partial charge on any atom is -0.497 e. The lowest BCUT2D eigenvalue weighted by molar-refractivity contribution is -0.129. The van der Waals surface area contributed by atoms with E-state index in [1.165, 1.54) is 0 Å². The van der Waals surface area contributed by atoms with E-state index in [1.807, 2.05) is 18.2 Å². The molecule has 4 rings (SSSR count). The molecule has 3 heterocycles. The summed E-state index contributed by atoms with van der Waals surface area (Å²) in [6.07, 6.45) is -0.630. The average Bonchev–Trinajstić information content (AvgIpc) is 3.10. The van der Waals surface area contributed by atoms with E-state index < -0.39 is 6.09 Å². The van der Waals surface area contributed by atoms with E-state index in [0.29, 0.717) is 24.5 Å². The fourth-order valence-electron chi connectivity index (χ4n) is 3.02. The van der Waals surface area contributed by atoms with Crippen LogP contribution >= 0.6 is 0 Å². The summed E-state index contributed by atoms with van der Waals surface area (Å²) < 4.78 is 9.86. The number of ether oxygens (including phenoxy) is 2. The molecule has 2 aliphatic rings. The highest BCUT2D eigenvalue weighted by Crippen LogP contribution is 2.25. The fourth-order valence-corrected chi connectivity index (χ4v) is 3.02. The van der Waals surface area contributed by atoms with E-state index in [0.717, 1.165) is 15.8 Å². The van der Waals surface area contributed by atoms with Crippen molar-refractivity contribution in [3.8, 4) is 5.75 Å². The Kier molecular flexibility index (Phi) is 3.19. The minimum absolute atomic E-state index is 0.165. The van der Waals surface area contributed by atoms with Gasteiger partial charge in [0.2, 0.25) is 0 Å². The summed E-state index contributed by atoms with van der Waals surface area (Å²) in [6.45, 7) is 0.420. The number of hydrogen-bond acceptors (Lipinski definition) is 5. The molecule has 0 saturated carbocycles. The number of H-pyrrole nitrogens is 1. The summed E-state index contributed by atoms with van der Waals surface area (Å²) in [7, 11) is 1.58. The summed E-state index contributed by atoms with van der Waals surface area (Å²) >= 11 is 0. The zero-order valence-electron chi connectivity index (χ0n) is 12.9. The SMILES string of the molecule is COc1ccc2cc(C(=O)N3CC(N4C(=O)COC4=O)C3)[nH]c2c1. The van der Waals surface area contributed by atoms with E-state index in [1.54, 1.807) is 18.1 Å². The van der Waals surface area contributed by atoms with Crippen LogP contribution in [0.4, 0.5) is 4.79 Å². The molecule has 0 aliphatic carbocycles. The maximum atomic E-state index is 12.5. The summed E-state index contributed by atoms with van der Waals surface area (Å²) in [6, 6.07) is 7.00. The van der Waals surface area contributed by atoms with Crippen LogP contribution < -0.4 is 4.74 Å². The van der Waals surface area contributed by atoms with Crippen LogP contribution in [0.5, 0.6) is 5.75 Å². The molecule has 0 radical (unpaired) electrons. The van der Waals surface area contributed by atoms with Crippen molar-refractivity contribution in [1.29, 1.82) is 0 Å². The second-order valence-electron chi connectivity index (χ2n) is 5.82. The number of likely N-dealkylation sites (tertiary alicyclic amines) is 1. The van der Waals surface area contributed by atoms with Gasteiger partial charge in [-0.25, -0.2) is 9.69 Å². The Morgan fingerprint density at radius 1 is 1.29 bits per heavy atom. The number of nitrogens with one attached hydrogen (secondary N) is 1. The van der Waals surface area contributed by atoms with E-state index >= 15 is 0 Å². The minimum atomic E-state index is -0.630. The number of cyclic esters (lactones) is 1. The molecule has 24 heavy (non-hydrogen) atoms. The molecule has 124 valence electrons. The van der Waals surface area contributed by atoms with Crippen LogP contribution in [0.3, 0.4) is 0 Å². The first-order valence-electron chi connectivity index (χ1n) is 7.51. The third-order valence-corrected chi connectivity index (χ3v) is 4.36. The Balaban J connectivity index is 1.47. The second-order valence-corrected chi connectivity index (χ2v) is 5.82. The van der Waals surface area contributed by atoms with Gasteiger partial charge in [-0.15, -0.1) is 0 Å². The first kappa shape index (κ1) is 14.6. The highest BCUT2D eigenvalue weighted by atomic mass is 16.6. The third-order valence-electron chi connectivity index (χ3n) is 4.36. The van der Waals surface area contributed by atoms with Crippen molar-refractivity contribution < 1.29 is 23.9 Å². The Labute approximate surface area is 136 Å². The lowest BCUT2D eigenvalue weighted by Gasteiger charge is -2.41. The summed E-state index contributed by atoms with van der Waals surface area (Å²) in [5, 5.41) is 0.912. The molecule has 8 nitrogen and oxygen atoms in total. The average molecular weight is 329 g/mol. The summed E-state index contributed by atoms with van der Waals surface area (Å²) in [5.74, 6) is 0.189. The molecule has 3 amide bonds. The van der Waals surface area contributed by atoms with Gasteiger partial charge in [-0.3, -0.25) is 9.59 Å². The zero-order chi connectivity index (χ0) is 16.8. The van der Waals surface area contributed by atoms with Gasteiger partial charge in [0.25, 0.3) is 11.8 Å². The number of fused-ring (bicyclic) bond motifs is 1. The van der Waals surface area contributed by atoms with Crippen molar-refractivity contribution in [3.63, 3.8) is 0 Å². The van der Waals surface area contributed by atoms with Gasteiger partial charge in [0, 0.05) is 30.1 Å². The number of carbonyl (C=O) groups excluding carboxylic acids is 3. The van der Waals surface area contributed by atoms with Gasteiger partial charge in [-0.2, -0.15) is 0 Å². The Hall–Kier alpha value is -3.03. The maximum absolute atomic E-state index is 12.5. The predicted octanol–water partition coefficient (Wildman–Crippen LogP) is 0.980. The maximum Gasteiger partial charge on any atom is 0.417 e. The molecular weight excluding hydrogens is 314 g/mol. The van der Waals surface area contributed by atoms with Crippen molar-refractivity contribution >= 4 is 28.8 Å². The van der Waals surface area contributed by atoms with Crippen molar-refractivity contribution in [1.82, 2.24) is 14.8 Å². The molecule has 0 bridgehead atoms. The van der Waals surface area contributed by atoms with Crippen molar-refractivity contribution in [2.45, 2.75) is 6.04 Å². The lowest BCUT2D eigenvalue weighted by Crippen LogP contribution is -2.62. The van der Waals surface area contributed by atoms with Gasteiger partial charge in [0.15, 0.2) is 6.61 Å². The highest BCUT2D eigenvalue weighted by molar-refractivity contribution is 6.00. The van der Waals surface area contributed by atoms with E-state index in [-0.39, 0.29) is 24.5 Å². The summed E-state index contributed by atoms with van der Waals surface area (Å²) in [5.41, 5.74) is 1.28. The topological polar surface area (TPSA) is 91.9 Å². The van der Waals surface area contributed by atoms with Gasteiger partial charge in [-0.05, 0) is 18.2 Å². The van der Waals surface area contributed by atoms with E-state index in [2.05, 4.69) is 4.98 Å². The molecule has 1 aromatic heterocycles. The number of nitrogens with zero attached hydrogens (tertiary/aromatic N) is 2. The zero-order valence-corrected chi connectivity index (χ0v) is 12.9. The molecule has 2 aromatic rings. The fraction of sp³-hybridized carbons (Fsp3) is 0.312. The normalized spacial score (nSPS) is 18.0. The number of methoxy groups -OCH3 is 1. The van der Waals surface area contributed by atoms with Crippen LogP contribution in [0.1, 0.15) is 10.5 Å². The van der Waals surface area contributed by atoms with Crippen LogP contribution in [0, 0.1) is 0 Å². The predicted molar refractivity (Wildman–Crippen MR) is 82.7 cm³/mol. The van der Waals surface area contributed by atoms with E-state index in [9.17, 15) is 14.4 Å². The van der Waals surface area contributed by atoms with Crippen molar-refractivity contribution in [2.75, 3.05) is 26.8 Å². The summed E-state index contributed by atoms with van der Waals surface area (Å²) in [4.78, 5) is 41.4. The molecule has 2 saturated heterocycles. The van der Waals surface area contributed by atoms with Crippen LogP contribution in [0.15, 0.2) is 24.3 Å². The van der Waals surface area contributed by atoms with Crippen LogP contribution in [-0.4, -0.2) is 65.5 Å². The molecule has 2 aliphatic heterocycles. The Morgan fingerprint density at radius 2 is 2.08 bits per heavy atom. The largest absolute Gasteiger partial charge is 0.497 e. The van der Waals surface area contributed by atoms with Gasteiger partial charge >= 0.3 is 6.09 Å². The monoisotopic (exact) mass is 329 g/mol. The standard InChI is InChI=1S/C16H15N3O5/c1-23-11-3-2-9-4-13(17-12(9)5-11)15(21)18-6-10(7-18)19-14(20)8-24-16(19)22/h2-5,10,17H,6-8H2,1H3. The molecular formula is C16H15N3O5. The quantitative estimate of drug-likeness (QED) is 0.906. The first-order valence-corrected chi connectivity index (χ1v) is 7.51. The van der Waals surface area contributed by atoms with Gasteiger partial charge in [-0.1, -0.05) is 0 Å². The number of carbonyl (C=O) groups is 3. The van der Waals surface area contributed by atoms with Crippen molar-refractivity contribution in [3.05, 3.63) is 30.0 Å². The molecule has 1 aromatic carbocycles. The van der Waals surface area contributed by atoms with E-state index in [4.69, 9.17) is 9.47 Å². The number of hydrogen-bond donors (Lipinski definition) is 1. The Bertz CT molecular complexity index is 837. The van der Waals surface area contributed by atoms with Crippen LogP contribution in [0.2, 0.25) is 0 Å². The number of aromatic nitrogens is 1. The number of benzene rings is 1. The van der Waals surface area contributed by atoms with Gasteiger partial charge in [0.05, 0.1) is 13.2 Å². The molecule has 0 atom stereocenters. The van der Waals surface area contributed by atoms with Gasteiger partial charge < -0.3 is 19.4 Å². The third kappa shape index (κ3) is 2.18. The highest BCUT2D eigenvalue weighted by Gasteiger charge is 2.44. The number of imide groups is 1. The number of aromatic amines is 1. The van der Waals surface area contributed by atoms with Crippen molar-refractivity contribution in [2.24, 2.45) is 0 Å². The van der Waals surface area contributed by atoms with Crippen LogP contribution in [0.25, 0.3) is 10.9 Å². The van der Waals surface area contributed by atoms with Gasteiger partial charge in [0.1, 0.15) is 11.4 Å². The molecule has 0 unspecified atom stereocenters. The molecule has 8 heteroatoms. The van der Waals surface area contributed by atoms with Crippen LogP contribution in [-0.2, 0) is 9.53 Å². The second kappa shape index (κ2) is 5.26. The number of amides is 3. The first-order chi connectivity index (χ1) is 11.6. The Morgan fingerprint density at radius 3 is 2.75 bits per heavy atom. The molecule has 1 N–H and O–H groups in total. The molecule has 2 fully saturated rings. The molecule has 0 spiro atoms.